The molecule has 0 saturated carbocycles. The monoisotopic (exact) mass is 241 g/mol. The molecule has 0 aliphatic carbocycles. The lowest BCUT2D eigenvalue weighted by atomic mass is 10.1. The summed E-state index contributed by atoms with van der Waals surface area (Å²) in [5.74, 6) is 1.00. The van der Waals surface area contributed by atoms with Crippen molar-refractivity contribution in [3.05, 3.63) is 11.7 Å². The number of carbonyl (C=O) groups excluding carboxylic acids is 1. The molecule has 17 heavy (non-hydrogen) atoms. The number of hydrogen-bond acceptors (Lipinski definition) is 5. The molecule has 0 aliphatic rings. The summed E-state index contributed by atoms with van der Waals surface area (Å²) >= 11 is 0. The summed E-state index contributed by atoms with van der Waals surface area (Å²) in [7, 11) is 0. The van der Waals surface area contributed by atoms with E-state index in [4.69, 9.17) is 9.63 Å². The number of rotatable bonds is 7. The van der Waals surface area contributed by atoms with Gasteiger partial charge in [0.05, 0.1) is 0 Å². The Morgan fingerprint density at radius 1 is 1.59 bits per heavy atom. The molecule has 0 spiro atoms. The maximum Gasteiger partial charge on any atom is 0.227 e. The first kappa shape index (κ1) is 13.6. The van der Waals surface area contributed by atoms with Crippen molar-refractivity contribution in [2.75, 3.05) is 6.61 Å². The van der Waals surface area contributed by atoms with Gasteiger partial charge >= 0.3 is 0 Å². The molecule has 6 nitrogen and oxygen atoms in total. The average Bonchev–Trinajstić information content (AvgIpc) is 2.72. The highest BCUT2D eigenvalue weighted by Gasteiger charge is 2.11. The van der Waals surface area contributed by atoms with Crippen LogP contribution in [0.1, 0.15) is 37.9 Å². The average molecular weight is 241 g/mol. The van der Waals surface area contributed by atoms with E-state index in [0.29, 0.717) is 31.0 Å². The van der Waals surface area contributed by atoms with Gasteiger partial charge in [0.15, 0.2) is 5.82 Å². The van der Waals surface area contributed by atoms with Crippen LogP contribution in [0.3, 0.4) is 0 Å². The van der Waals surface area contributed by atoms with Crippen LogP contribution in [-0.4, -0.2) is 33.8 Å². The minimum atomic E-state index is -0.0545. The molecule has 1 amide bonds. The minimum absolute atomic E-state index is 0.0388. The fourth-order valence-electron chi connectivity index (χ4n) is 1.50. The first-order chi connectivity index (χ1) is 8.15. The number of aliphatic hydroxyl groups is 1. The van der Waals surface area contributed by atoms with Crippen molar-refractivity contribution in [3.8, 4) is 0 Å². The SMILES string of the molecule is CCC(CCO)NC(=O)CCc1nc(C)no1. The molecule has 1 aromatic heterocycles. The Bertz CT molecular complexity index is 351. The Kier molecular flexibility index (Phi) is 5.62. The maximum absolute atomic E-state index is 11.6. The van der Waals surface area contributed by atoms with Gasteiger partial charge in [-0.05, 0) is 19.8 Å². The van der Waals surface area contributed by atoms with Crippen LogP contribution in [0.15, 0.2) is 4.52 Å². The summed E-state index contributed by atoms with van der Waals surface area (Å²) in [6.45, 7) is 3.80. The Morgan fingerprint density at radius 2 is 2.35 bits per heavy atom. The summed E-state index contributed by atoms with van der Waals surface area (Å²) < 4.78 is 4.91. The number of nitrogens with one attached hydrogen (secondary N) is 1. The third kappa shape index (κ3) is 4.95. The molecule has 1 atom stereocenters. The molecule has 6 heteroatoms. The quantitative estimate of drug-likeness (QED) is 0.729. The number of aromatic nitrogens is 2. The number of aryl methyl sites for hydroxylation is 2. The Labute approximate surface area is 100 Å². The molecule has 1 rings (SSSR count). The number of nitrogens with zero attached hydrogens (tertiary/aromatic N) is 2. The van der Waals surface area contributed by atoms with E-state index < -0.39 is 0 Å². The third-order valence-electron chi connectivity index (χ3n) is 2.47. The van der Waals surface area contributed by atoms with E-state index in [2.05, 4.69) is 15.5 Å². The van der Waals surface area contributed by atoms with Gasteiger partial charge in [-0.1, -0.05) is 12.1 Å². The molecule has 0 aliphatic heterocycles. The van der Waals surface area contributed by atoms with Gasteiger partial charge in [-0.2, -0.15) is 4.98 Å². The summed E-state index contributed by atoms with van der Waals surface area (Å²) in [6.07, 6.45) is 2.17. The molecule has 1 unspecified atom stereocenters. The molecular weight excluding hydrogens is 222 g/mol. The van der Waals surface area contributed by atoms with E-state index in [0.717, 1.165) is 6.42 Å². The van der Waals surface area contributed by atoms with Crippen LogP contribution in [0.25, 0.3) is 0 Å². The number of carbonyl (C=O) groups is 1. The zero-order chi connectivity index (χ0) is 12.7. The molecule has 0 aromatic carbocycles. The van der Waals surface area contributed by atoms with E-state index in [1.807, 2.05) is 6.92 Å². The molecule has 96 valence electrons. The van der Waals surface area contributed by atoms with Crippen molar-refractivity contribution in [1.29, 1.82) is 0 Å². The van der Waals surface area contributed by atoms with E-state index >= 15 is 0 Å². The van der Waals surface area contributed by atoms with Crippen molar-refractivity contribution in [2.45, 2.75) is 45.6 Å². The first-order valence-corrected chi connectivity index (χ1v) is 5.85. The standard InChI is InChI=1S/C11H19N3O3/c1-3-9(6-7-15)13-10(16)4-5-11-12-8(2)14-17-11/h9,15H,3-7H2,1-2H3,(H,13,16). The van der Waals surface area contributed by atoms with Gasteiger partial charge in [-0.15, -0.1) is 0 Å². The topological polar surface area (TPSA) is 88.2 Å². The van der Waals surface area contributed by atoms with E-state index in [1.54, 1.807) is 6.92 Å². The van der Waals surface area contributed by atoms with Crippen LogP contribution in [0.2, 0.25) is 0 Å². The van der Waals surface area contributed by atoms with E-state index in [9.17, 15) is 4.79 Å². The van der Waals surface area contributed by atoms with Gasteiger partial charge in [0.1, 0.15) is 0 Å². The molecule has 0 bridgehead atoms. The lowest BCUT2D eigenvalue weighted by Crippen LogP contribution is -2.35. The van der Waals surface area contributed by atoms with Gasteiger partial charge in [-0.25, -0.2) is 0 Å². The van der Waals surface area contributed by atoms with E-state index in [1.165, 1.54) is 0 Å². The van der Waals surface area contributed by atoms with Gasteiger partial charge in [0.25, 0.3) is 0 Å². The molecule has 2 N–H and O–H groups in total. The smallest absolute Gasteiger partial charge is 0.227 e. The Balaban J connectivity index is 2.29. The normalized spacial score (nSPS) is 12.4. The fourth-order valence-corrected chi connectivity index (χ4v) is 1.50. The van der Waals surface area contributed by atoms with Crippen molar-refractivity contribution < 1.29 is 14.4 Å². The number of aliphatic hydroxyl groups excluding tert-OH is 1. The summed E-state index contributed by atoms with van der Waals surface area (Å²) in [6, 6.07) is 0.0388. The van der Waals surface area contributed by atoms with Gasteiger partial charge in [0, 0.05) is 25.5 Å². The predicted octanol–water partition coefficient (Wildman–Crippen LogP) is 0.588. The largest absolute Gasteiger partial charge is 0.396 e. The summed E-state index contributed by atoms with van der Waals surface area (Å²) in [5.41, 5.74) is 0. The first-order valence-electron chi connectivity index (χ1n) is 5.85. The second kappa shape index (κ2) is 7.01. The number of hydrogen-bond donors (Lipinski definition) is 2. The molecule has 0 radical (unpaired) electrons. The molecule has 0 saturated heterocycles. The van der Waals surface area contributed by atoms with Gasteiger partial charge in [0.2, 0.25) is 11.8 Å². The van der Waals surface area contributed by atoms with Crippen molar-refractivity contribution in [2.24, 2.45) is 0 Å². The van der Waals surface area contributed by atoms with Crippen molar-refractivity contribution in [1.82, 2.24) is 15.5 Å². The summed E-state index contributed by atoms with van der Waals surface area (Å²) in [4.78, 5) is 15.6. The molecule has 1 heterocycles. The van der Waals surface area contributed by atoms with Crippen molar-refractivity contribution in [3.63, 3.8) is 0 Å². The molecule has 0 fully saturated rings. The lowest BCUT2D eigenvalue weighted by Gasteiger charge is -2.15. The second-order valence-corrected chi connectivity index (χ2v) is 3.92. The van der Waals surface area contributed by atoms with Gasteiger partial charge in [-0.3, -0.25) is 4.79 Å². The van der Waals surface area contributed by atoms with Crippen LogP contribution in [-0.2, 0) is 11.2 Å². The number of amides is 1. The van der Waals surface area contributed by atoms with Crippen molar-refractivity contribution >= 4 is 5.91 Å². The molecular formula is C11H19N3O3. The van der Waals surface area contributed by atoms with Gasteiger partial charge < -0.3 is 14.9 Å². The lowest BCUT2D eigenvalue weighted by molar-refractivity contribution is -0.122. The predicted molar refractivity (Wildman–Crippen MR) is 61.3 cm³/mol. The third-order valence-corrected chi connectivity index (χ3v) is 2.47. The highest BCUT2D eigenvalue weighted by Crippen LogP contribution is 2.02. The van der Waals surface area contributed by atoms with Crippen LogP contribution < -0.4 is 5.32 Å². The van der Waals surface area contributed by atoms with Crippen LogP contribution in [0, 0.1) is 6.92 Å². The zero-order valence-corrected chi connectivity index (χ0v) is 10.3. The molecule has 1 aromatic rings. The minimum Gasteiger partial charge on any atom is -0.396 e. The Morgan fingerprint density at radius 3 is 2.88 bits per heavy atom. The Hall–Kier alpha value is -1.43. The fraction of sp³-hybridized carbons (Fsp3) is 0.727. The van der Waals surface area contributed by atoms with Crippen LogP contribution in [0.4, 0.5) is 0 Å². The second-order valence-electron chi connectivity index (χ2n) is 3.92. The summed E-state index contributed by atoms with van der Waals surface area (Å²) in [5, 5.41) is 15.3. The van der Waals surface area contributed by atoms with Crippen LogP contribution >= 0.6 is 0 Å². The highest BCUT2D eigenvalue weighted by atomic mass is 16.5. The van der Waals surface area contributed by atoms with Crippen LogP contribution in [0.5, 0.6) is 0 Å². The van der Waals surface area contributed by atoms with E-state index in [-0.39, 0.29) is 18.6 Å². The maximum atomic E-state index is 11.6. The highest BCUT2D eigenvalue weighted by molar-refractivity contribution is 5.76. The zero-order valence-electron chi connectivity index (χ0n) is 10.3.